The maximum Gasteiger partial charge on any atom is 0.411 e. The summed E-state index contributed by atoms with van der Waals surface area (Å²) < 4.78 is 0. The summed E-state index contributed by atoms with van der Waals surface area (Å²) in [5, 5.41) is 14.5. The second-order valence-corrected chi connectivity index (χ2v) is 9.03. The molecule has 0 bridgehead atoms. The highest BCUT2D eigenvalue weighted by molar-refractivity contribution is 5.93. The Labute approximate surface area is 189 Å². The molecule has 1 aromatic heterocycles. The van der Waals surface area contributed by atoms with Gasteiger partial charge in [0.15, 0.2) is 0 Å². The standard InChI is InChI=1S/C26H32N4O2/c1-18-8-14-21(15-9-18)30(26(31)32)17-19-10-12-20(13-11-19)27-25-16-24(29(2)3)22-6-4-5-7-23(22)28-25/h4-9,14-16,19-20H,10-13,17H2,1-3H3,(H,27,28)(H,31,32). The number of pyridine rings is 1. The summed E-state index contributed by atoms with van der Waals surface area (Å²) in [5.74, 6) is 1.27. The Morgan fingerprint density at radius 2 is 1.75 bits per heavy atom. The first-order valence-corrected chi connectivity index (χ1v) is 11.3. The first kappa shape index (κ1) is 21.9. The van der Waals surface area contributed by atoms with Crippen molar-refractivity contribution in [3.8, 4) is 0 Å². The Bertz CT molecular complexity index is 1070. The van der Waals surface area contributed by atoms with Crippen molar-refractivity contribution in [2.45, 2.75) is 38.6 Å². The number of nitrogens with zero attached hydrogens (tertiary/aromatic N) is 3. The van der Waals surface area contributed by atoms with E-state index in [1.165, 1.54) is 4.90 Å². The first-order valence-electron chi connectivity index (χ1n) is 11.3. The third kappa shape index (κ3) is 4.96. The zero-order valence-electron chi connectivity index (χ0n) is 19.1. The zero-order chi connectivity index (χ0) is 22.7. The van der Waals surface area contributed by atoms with Gasteiger partial charge < -0.3 is 15.3 Å². The molecular formula is C26H32N4O2. The van der Waals surface area contributed by atoms with Crippen LogP contribution >= 0.6 is 0 Å². The molecule has 1 amide bonds. The van der Waals surface area contributed by atoms with Crippen LogP contribution in [0.4, 0.5) is 22.0 Å². The number of carboxylic acid groups (broad SMARTS) is 1. The second kappa shape index (κ2) is 9.47. The molecule has 0 radical (unpaired) electrons. The van der Waals surface area contributed by atoms with Gasteiger partial charge in [-0.25, -0.2) is 9.78 Å². The van der Waals surface area contributed by atoms with E-state index in [9.17, 15) is 9.90 Å². The Balaban J connectivity index is 1.39. The minimum absolute atomic E-state index is 0.354. The Hall–Kier alpha value is -3.28. The van der Waals surface area contributed by atoms with Crippen molar-refractivity contribution in [1.29, 1.82) is 0 Å². The molecule has 168 valence electrons. The van der Waals surface area contributed by atoms with Gasteiger partial charge in [-0.15, -0.1) is 0 Å². The third-order valence-electron chi connectivity index (χ3n) is 6.39. The highest BCUT2D eigenvalue weighted by Gasteiger charge is 2.26. The SMILES string of the molecule is Cc1ccc(N(CC2CCC(Nc3cc(N(C)C)c4ccccc4n3)CC2)C(=O)O)cc1. The highest BCUT2D eigenvalue weighted by Crippen LogP contribution is 2.31. The van der Waals surface area contributed by atoms with Crippen LogP contribution in [-0.2, 0) is 0 Å². The van der Waals surface area contributed by atoms with E-state index >= 15 is 0 Å². The van der Waals surface area contributed by atoms with Crippen molar-refractivity contribution in [3.05, 3.63) is 60.2 Å². The van der Waals surface area contributed by atoms with Gasteiger partial charge in [-0.1, -0.05) is 35.9 Å². The lowest BCUT2D eigenvalue weighted by Crippen LogP contribution is -2.37. The molecule has 0 atom stereocenters. The molecule has 0 unspecified atom stereocenters. The van der Waals surface area contributed by atoms with Gasteiger partial charge in [0.2, 0.25) is 0 Å². The van der Waals surface area contributed by atoms with Gasteiger partial charge in [-0.3, -0.25) is 4.90 Å². The number of hydrogen-bond donors (Lipinski definition) is 2. The lowest BCUT2D eigenvalue weighted by atomic mass is 9.85. The van der Waals surface area contributed by atoms with E-state index in [0.29, 0.717) is 18.5 Å². The number of carbonyl (C=O) groups is 1. The topological polar surface area (TPSA) is 68.7 Å². The number of benzene rings is 2. The molecule has 1 fully saturated rings. The lowest BCUT2D eigenvalue weighted by molar-refractivity contribution is 0.199. The Morgan fingerprint density at radius 1 is 1.06 bits per heavy atom. The van der Waals surface area contributed by atoms with Gasteiger partial charge in [0.1, 0.15) is 5.82 Å². The van der Waals surface area contributed by atoms with Crippen LogP contribution in [0.25, 0.3) is 10.9 Å². The predicted molar refractivity (Wildman–Crippen MR) is 132 cm³/mol. The Morgan fingerprint density at radius 3 is 2.41 bits per heavy atom. The number of hydrogen-bond acceptors (Lipinski definition) is 4. The second-order valence-electron chi connectivity index (χ2n) is 9.03. The minimum Gasteiger partial charge on any atom is -0.465 e. The normalized spacial score (nSPS) is 18.3. The molecule has 1 aliphatic carbocycles. The molecule has 1 saturated carbocycles. The summed E-state index contributed by atoms with van der Waals surface area (Å²) in [7, 11) is 4.11. The van der Waals surface area contributed by atoms with Crippen molar-refractivity contribution in [1.82, 2.24) is 4.98 Å². The highest BCUT2D eigenvalue weighted by atomic mass is 16.4. The van der Waals surface area contributed by atoms with Gasteiger partial charge in [0, 0.05) is 49.5 Å². The van der Waals surface area contributed by atoms with E-state index in [1.807, 2.05) is 43.3 Å². The van der Waals surface area contributed by atoms with Gasteiger partial charge in [-0.05, 0) is 56.7 Å². The Kier molecular flexibility index (Phi) is 6.49. The van der Waals surface area contributed by atoms with Crippen molar-refractivity contribution in [3.63, 3.8) is 0 Å². The number of rotatable bonds is 6. The van der Waals surface area contributed by atoms with Crippen LogP contribution in [0.1, 0.15) is 31.2 Å². The molecular weight excluding hydrogens is 400 g/mol. The van der Waals surface area contributed by atoms with Crippen molar-refractivity contribution < 1.29 is 9.90 Å². The van der Waals surface area contributed by atoms with Gasteiger partial charge in [0.25, 0.3) is 0 Å². The third-order valence-corrected chi connectivity index (χ3v) is 6.39. The van der Waals surface area contributed by atoms with E-state index in [4.69, 9.17) is 4.98 Å². The smallest absolute Gasteiger partial charge is 0.411 e. The first-order chi connectivity index (χ1) is 15.4. The summed E-state index contributed by atoms with van der Waals surface area (Å²) in [5.41, 5.74) is 4.03. The van der Waals surface area contributed by atoms with Gasteiger partial charge >= 0.3 is 6.09 Å². The molecule has 6 heteroatoms. The molecule has 4 rings (SSSR count). The summed E-state index contributed by atoms with van der Waals surface area (Å²) in [6.07, 6.45) is 3.14. The summed E-state index contributed by atoms with van der Waals surface area (Å²) in [4.78, 5) is 20.3. The molecule has 0 spiro atoms. The summed E-state index contributed by atoms with van der Waals surface area (Å²) in [6, 6.07) is 18.4. The maximum atomic E-state index is 11.9. The van der Waals surface area contributed by atoms with Crippen molar-refractivity contribution >= 4 is 34.2 Å². The zero-order valence-corrected chi connectivity index (χ0v) is 19.1. The van der Waals surface area contributed by atoms with E-state index in [-0.39, 0.29) is 0 Å². The lowest BCUT2D eigenvalue weighted by Gasteiger charge is -2.32. The number of aryl methyl sites for hydroxylation is 1. The molecule has 32 heavy (non-hydrogen) atoms. The molecule has 2 N–H and O–H groups in total. The van der Waals surface area contributed by atoms with Crippen molar-refractivity contribution in [2.75, 3.05) is 35.8 Å². The van der Waals surface area contributed by atoms with Crippen LogP contribution in [0.3, 0.4) is 0 Å². The van der Waals surface area contributed by atoms with Gasteiger partial charge in [-0.2, -0.15) is 0 Å². The number of para-hydroxylation sites is 1. The fraction of sp³-hybridized carbons (Fsp3) is 0.385. The molecule has 0 saturated heterocycles. The number of aromatic nitrogens is 1. The van der Waals surface area contributed by atoms with E-state index in [2.05, 4.69) is 42.5 Å². The number of fused-ring (bicyclic) bond motifs is 1. The summed E-state index contributed by atoms with van der Waals surface area (Å²) >= 11 is 0. The number of nitrogens with one attached hydrogen (secondary N) is 1. The van der Waals surface area contributed by atoms with E-state index in [0.717, 1.165) is 59.3 Å². The maximum absolute atomic E-state index is 11.9. The number of amides is 1. The average molecular weight is 433 g/mol. The molecule has 1 aliphatic rings. The van der Waals surface area contributed by atoms with Crippen LogP contribution in [0.5, 0.6) is 0 Å². The van der Waals surface area contributed by atoms with Crippen LogP contribution in [0, 0.1) is 12.8 Å². The fourth-order valence-corrected chi connectivity index (χ4v) is 4.58. The van der Waals surface area contributed by atoms with Crippen molar-refractivity contribution in [2.24, 2.45) is 5.92 Å². The van der Waals surface area contributed by atoms with Gasteiger partial charge in [0.05, 0.1) is 5.52 Å². The monoisotopic (exact) mass is 432 g/mol. The minimum atomic E-state index is -0.884. The predicted octanol–water partition coefficient (Wildman–Crippen LogP) is 5.76. The van der Waals surface area contributed by atoms with Crippen LogP contribution in [0.15, 0.2) is 54.6 Å². The van der Waals surface area contributed by atoms with Crippen LogP contribution < -0.4 is 15.1 Å². The molecule has 6 nitrogen and oxygen atoms in total. The molecule has 0 aliphatic heterocycles. The van der Waals surface area contributed by atoms with Crippen LogP contribution in [-0.4, -0.2) is 42.9 Å². The fourth-order valence-electron chi connectivity index (χ4n) is 4.58. The van der Waals surface area contributed by atoms with E-state index < -0.39 is 6.09 Å². The molecule has 2 aromatic carbocycles. The average Bonchev–Trinajstić information content (AvgIpc) is 2.78. The number of anilines is 3. The molecule has 3 aromatic rings. The molecule has 1 heterocycles. The van der Waals surface area contributed by atoms with E-state index in [1.54, 1.807) is 0 Å². The summed E-state index contributed by atoms with van der Waals surface area (Å²) in [6.45, 7) is 2.55. The quantitative estimate of drug-likeness (QED) is 0.518. The largest absolute Gasteiger partial charge is 0.465 e. The van der Waals surface area contributed by atoms with Crippen LogP contribution in [0.2, 0.25) is 0 Å².